The van der Waals surface area contributed by atoms with Gasteiger partial charge in [-0.3, -0.25) is 9.59 Å². The molecule has 1 atom stereocenters. The van der Waals surface area contributed by atoms with Crippen molar-refractivity contribution in [3.8, 4) is 0 Å². The Morgan fingerprint density at radius 1 is 1.14 bits per heavy atom. The van der Waals surface area contributed by atoms with Crippen LogP contribution in [-0.2, 0) is 4.79 Å². The van der Waals surface area contributed by atoms with E-state index in [4.69, 9.17) is 5.11 Å². The fourth-order valence-electron chi connectivity index (χ4n) is 4.05. The van der Waals surface area contributed by atoms with Gasteiger partial charge in [-0.2, -0.15) is 9.61 Å². The van der Waals surface area contributed by atoms with E-state index in [1.807, 2.05) is 26.8 Å². The number of hydrogen-bond donors (Lipinski definition) is 4. The Labute approximate surface area is 205 Å². The zero-order chi connectivity index (χ0) is 25.5. The maximum atomic E-state index is 12.8. The van der Waals surface area contributed by atoms with Crippen LogP contribution in [0.1, 0.15) is 61.3 Å². The molecule has 1 fully saturated rings. The fourth-order valence-corrected chi connectivity index (χ4v) is 4.05. The number of hydrogen-bond acceptors (Lipinski definition) is 7. The third-order valence-corrected chi connectivity index (χ3v) is 5.73. The number of nitrogens with one attached hydrogen (secondary N) is 2. The minimum Gasteiger partial charge on any atom is -0.393 e. The average Bonchev–Trinajstić information content (AvgIpc) is 3.24. The Morgan fingerprint density at radius 2 is 1.80 bits per heavy atom. The molecule has 1 aliphatic rings. The highest BCUT2D eigenvalue weighted by Crippen LogP contribution is 2.25. The van der Waals surface area contributed by atoms with Gasteiger partial charge < -0.3 is 25.7 Å². The zero-order valence-corrected chi connectivity index (χ0v) is 20.7. The number of aromatic nitrogens is 3. The molecule has 3 heterocycles. The van der Waals surface area contributed by atoms with Gasteiger partial charge >= 0.3 is 0 Å². The van der Waals surface area contributed by atoms with Crippen LogP contribution in [0.25, 0.3) is 5.65 Å². The number of carbonyl (C=O) groups is 2. The number of rotatable bonds is 6. The van der Waals surface area contributed by atoms with E-state index < -0.39 is 6.10 Å². The number of carbonyl (C=O) groups excluding carboxylic acids is 2. The molecule has 4 rings (SSSR count). The number of piperidine rings is 1. The Balaban J connectivity index is 0.00000167. The topological polar surface area (TPSA) is 132 Å². The highest BCUT2D eigenvalue weighted by atomic mass is 16.3. The first-order chi connectivity index (χ1) is 16.8. The van der Waals surface area contributed by atoms with E-state index in [1.165, 1.54) is 6.92 Å². The zero-order valence-electron chi connectivity index (χ0n) is 20.7. The molecule has 2 amide bonds. The standard InChI is InChI=1S/C23H28N6O4.C2H6/c1-14-11-21-25-20(26-23(33)17-5-3-16(4-6-17)19(32)13-30)12-22(29(21)27-14)28-9-7-18(8-10-28)24-15(2)31;1-2/h3-6,11-12,18-19,30,32H,7-10,13H2,1-2H3,(H,24,31)(H,25,26,33);1-2H3. The number of amides is 2. The Morgan fingerprint density at radius 3 is 2.40 bits per heavy atom. The first kappa shape index (κ1) is 26.1. The largest absolute Gasteiger partial charge is 0.393 e. The summed E-state index contributed by atoms with van der Waals surface area (Å²) in [6.07, 6.45) is 0.656. The van der Waals surface area contributed by atoms with Gasteiger partial charge in [-0.25, -0.2) is 4.98 Å². The lowest BCUT2D eigenvalue weighted by Crippen LogP contribution is -2.44. The number of aliphatic hydroxyl groups is 2. The van der Waals surface area contributed by atoms with Gasteiger partial charge in [0.15, 0.2) is 5.65 Å². The lowest BCUT2D eigenvalue weighted by atomic mass is 10.1. The lowest BCUT2D eigenvalue weighted by Gasteiger charge is -2.33. The SMILES string of the molecule is CC.CC(=O)NC1CCN(c2cc(NC(=O)c3ccc(C(O)CO)cc3)nc3cc(C)nn23)CC1. The van der Waals surface area contributed by atoms with Crippen LogP contribution in [0.3, 0.4) is 0 Å². The summed E-state index contributed by atoms with van der Waals surface area (Å²) in [6.45, 7) is 8.52. The molecule has 4 N–H and O–H groups in total. The van der Waals surface area contributed by atoms with E-state index in [0.717, 1.165) is 37.4 Å². The molecule has 0 bridgehead atoms. The normalized spacial score (nSPS) is 14.7. The smallest absolute Gasteiger partial charge is 0.256 e. The predicted octanol–water partition coefficient (Wildman–Crippen LogP) is 2.45. The lowest BCUT2D eigenvalue weighted by molar-refractivity contribution is -0.119. The number of aliphatic hydroxyl groups excluding tert-OH is 2. The van der Waals surface area contributed by atoms with Gasteiger partial charge in [0.25, 0.3) is 5.91 Å². The van der Waals surface area contributed by atoms with E-state index in [1.54, 1.807) is 34.8 Å². The summed E-state index contributed by atoms with van der Waals surface area (Å²) in [7, 11) is 0. The van der Waals surface area contributed by atoms with Gasteiger partial charge in [0.2, 0.25) is 5.91 Å². The summed E-state index contributed by atoms with van der Waals surface area (Å²) < 4.78 is 1.77. The van der Waals surface area contributed by atoms with Crippen molar-refractivity contribution in [1.29, 1.82) is 0 Å². The number of aryl methyl sites for hydroxylation is 1. The second-order valence-corrected chi connectivity index (χ2v) is 8.29. The van der Waals surface area contributed by atoms with E-state index >= 15 is 0 Å². The maximum Gasteiger partial charge on any atom is 0.256 e. The first-order valence-electron chi connectivity index (χ1n) is 11.9. The molecule has 1 saturated heterocycles. The molecular formula is C25H34N6O4. The van der Waals surface area contributed by atoms with E-state index in [0.29, 0.717) is 22.6 Å². The van der Waals surface area contributed by atoms with Gasteiger partial charge in [0.1, 0.15) is 17.7 Å². The van der Waals surface area contributed by atoms with Crippen LogP contribution >= 0.6 is 0 Å². The van der Waals surface area contributed by atoms with E-state index in [2.05, 4.69) is 25.6 Å². The molecule has 0 radical (unpaired) electrons. The van der Waals surface area contributed by atoms with Crippen LogP contribution < -0.4 is 15.5 Å². The molecule has 10 heteroatoms. The van der Waals surface area contributed by atoms with Crippen molar-refractivity contribution >= 4 is 29.1 Å². The summed E-state index contributed by atoms with van der Waals surface area (Å²) in [6, 6.07) is 10.2. The summed E-state index contributed by atoms with van der Waals surface area (Å²) in [4.78, 5) is 30.9. The number of benzene rings is 1. The minimum atomic E-state index is -0.978. The van der Waals surface area contributed by atoms with E-state index in [-0.39, 0.29) is 24.5 Å². The van der Waals surface area contributed by atoms with Crippen LogP contribution in [0, 0.1) is 6.92 Å². The van der Waals surface area contributed by atoms with Crippen molar-refractivity contribution < 1.29 is 19.8 Å². The number of anilines is 2. The van der Waals surface area contributed by atoms with Gasteiger partial charge in [0, 0.05) is 43.8 Å². The summed E-state index contributed by atoms with van der Waals surface area (Å²) >= 11 is 0. The molecule has 0 saturated carbocycles. The third-order valence-electron chi connectivity index (χ3n) is 5.73. The second kappa shape index (κ2) is 11.8. The van der Waals surface area contributed by atoms with Crippen molar-refractivity contribution in [3.63, 3.8) is 0 Å². The van der Waals surface area contributed by atoms with Crippen LogP contribution in [0.2, 0.25) is 0 Å². The molecule has 2 aromatic heterocycles. The fraction of sp³-hybridized carbons (Fsp3) is 0.440. The molecule has 3 aromatic rings. The van der Waals surface area contributed by atoms with Crippen LogP contribution in [0.4, 0.5) is 11.6 Å². The maximum absolute atomic E-state index is 12.8. The van der Waals surface area contributed by atoms with Crippen molar-refractivity contribution in [1.82, 2.24) is 19.9 Å². The Hall–Kier alpha value is -3.50. The quantitative estimate of drug-likeness (QED) is 0.424. The molecule has 0 spiro atoms. The van der Waals surface area contributed by atoms with Gasteiger partial charge in [-0.05, 0) is 37.5 Å². The highest BCUT2D eigenvalue weighted by Gasteiger charge is 2.23. The minimum absolute atomic E-state index is 0.0219. The molecular weight excluding hydrogens is 448 g/mol. The molecule has 10 nitrogen and oxygen atoms in total. The highest BCUT2D eigenvalue weighted by molar-refractivity contribution is 6.04. The van der Waals surface area contributed by atoms with Gasteiger partial charge in [0.05, 0.1) is 12.3 Å². The van der Waals surface area contributed by atoms with E-state index in [9.17, 15) is 14.7 Å². The van der Waals surface area contributed by atoms with Gasteiger partial charge in [-0.1, -0.05) is 26.0 Å². The Bertz CT molecular complexity index is 1150. The summed E-state index contributed by atoms with van der Waals surface area (Å²) in [5.41, 5.74) is 2.39. The van der Waals surface area contributed by atoms with Crippen molar-refractivity contribution in [3.05, 3.63) is 53.2 Å². The second-order valence-electron chi connectivity index (χ2n) is 8.29. The monoisotopic (exact) mass is 482 g/mol. The van der Waals surface area contributed by atoms with Crippen molar-refractivity contribution in [2.45, 2.75) is 52.7 Å². The summed E-state index contributed by atoms with van der Waals surface area (Å²) in [5.74, 6) is 0.881. The van der Waals surface area contributed by atoms with Gasteiger partial charge in [-0.15, -0.1) is 0 Å². The third kappa shape index (κ3) is 6.34. The number of nitrogens with zero attached hydrogens (tertiary/aromatic N) is 4. The first-order valence-corrected chi connectivity index (χ1v) is 11.9. The molecule has 1 aromatic carbocycles. The van der Waals surface area contributed by atoms with Crippen molar-refractivity contribution in [2.24, 2.45) is 0 Å². The molecule has 1 unspecified atom stereocenters. The molecule has 188 valence electrons. The molecule has 0 aliphatic carbocycles. The average molecular weight is 483 g/mol. The predicted molar refractivity (Wildman–Crippen MR) is 135 cm³/mol. The van der Waals surface area contributed by atoms with Crippen molar-refractivity contribution in [2.75, 3.05) is 29.9 Å². The van der Waals surface area contributed by atoms with Crippen LogP contribution in [0.5, 0.6) is 0 Å². The molecule has 35 heavy (non-hydrogen) atoms. The van der Waals surface area contributed by atoms with Crippen LogP contribution in [-0.4, -0.2) is 62.4 Å². The summed E-state index contributed by atoms with van der Waals surface area (Å²) in [5, 5.41) is 29.2. The van der Waals surface area contributed by atoms with Crippen LogP contribution in [0.15, 0.2) is 36.4 Å². The molecule has 1 aliphatic heterocycles. The Kier molecular flexibility index (Phi) is 8.78. The number of fused-ring (bicyclic) bond motifs is 1.